The molecule has 0 radical (unpaired) electrons. The predicted molar refractivity (Wildman–Crippen MR) is 103 cm³/mol. The van der Waals surface area contributed by atoms with Crippen LogP contribution >= 0.6 is 0 Å². The van der Waals surface area contributed by atoms with Crippen LogP contribution in [0.15, 0.2) is 27.8 Å². The highest BCUT2D eigenvalue weighted by atomic mass is 16.5. The Morgan fingerprint density at radius 2 is 1.90 bits per heavy atom. The normalized spacial score (nSPS) is 15.4. The SMILES string of the molecule is COc1ccc(CN2CCN([n+]3cc(=NCCC=O)o[n-]3)CC2)c(OC)c1OC. The average molecular weight is 405 g/mol. The van der Waals surface area contributed by atoms with E-state index in [9.17, 15) is 4.79 Å². The summed E-state index contributed by atoms with van der Waals surface area (Å²) in [5.74, 6) is 1.95. The second kappa shape index (κ2) is 9.97. The van der Waals surface area contributed by atoms with Gasteiger partial charge in [0.1, 0.15) is 6.29 Å². The van der Waals surface area contributed by atoms with Crippen LogP contribution in [0.2, 0.25) is 0 Å². The minimum atomic E-state index is 0.374. The molecule has 1 aliphatic rings. The molecule has 0 spiro atoms. The maximum Gasteiger partial charge on any atom is 0.289 e. The van der Waals surface area contributed by atoms with Crippen LogP contribution in [-0.2, 0) is 11.3 Å². The number of nitrogens with zero attached hydrogens (tertiary/aromatic N) is 5. The molecule has 0 N–H and O–H groups in total. The van der Waals surface area contributed by atoms with Gasteiger partial charge in [0.05, 0.1) is 21.3 Å². The molecule has 3 rings (SSSR count). The monoisotopic (exact) mass is 405 g/mol. The highest BCUT2D eigenvalue weighted by Gasteiger charge is 2.21. The molecule has 1 fully saturated rings. The summed E-state index contributed by atoms with van der Waals surface area (Å²) < 4.78 is 21.6. The van der Waals surface area contributed by atoms with Gasteiger partial charge in [0.25, 0.3) is 11.8 Å². The van der Waals surface area contributed by atoms with Crippen molar-refractivity contribution in [2.75, 3.05) is 59.1 Å². The van der Waals surface area contributed by atoms with E-state index < -0.39 is 0 Å². The molecule has 1 aliphatic heterocycles. The smallest absolute Gasteiger partial charge is 0.289 e. The van der Waals surface area contributed by atoms with Crippen LogP contribution in [0.3, 0.4) is 0 Å². The van der Waals surface area contributed by atoms with E-state index in [4.69, 9.17) is 18.7 Å². The first-order valence-corrected chi connectivity index (χ1v) is 9.45. The highest BCUT2D eigenvalue weighted by Crippen LogP contribution is 2.40. The minimum absolute atomic E-state index is 0.374. The van der Waals surface area contributed by atoms with Gasteiger partial charge in [-0.3, -0.25) is 9.91 Å². The summed E-state index contributed by atoms with van der Waals surface area (Å²) in [6, 6.07) is 3.90. The zero-order valence-corrected chi connectivity index (χ0v) is 17.0. The Morgan fingerprint density at radius 3 is 2.55 bits per heavy atom. The Kier molecular flexibility index (Phi) is 7.12. The third kappa shape index (κ3) is 4.89. The van der Waals surface area contributed by atoms with E-state index in [2.05, 4.69) is 20.2 Å². The molecule has 2 aromatic rings. The van der Waals surface area contributed by atoms with Gasteiger partial charge < -0.3 is 23.5 Å². The van der Waals surface area contributed by atoms with Crippen molar-refractivity contribution < 1.29 is 28.3 Å². The van der Waals surface area contributed by atoms with Gasteiger partial charge in [-0.25, -0.2) is 4.99 Å². The van der Waals surface area contributed by atoms with Gasteiger partial charge >= 0.3 is 0 Å². The molecule has 0 amide bonds. The largest absolute Gasteiger partial charge is 0.493 e. The van der Waals surface area contributed by atoms with E-state index in [0.29, 0.717) is 35.8 Å². The van der Waals surface area contributed by atoms with Gasteiger partial charge in [-0.2, -0.15) is 0 Å². The number of rotatable bonds is 9. The number of aldehydes is 1. The number of hydrogen-bond acceptors (Lipinski definition) is 8. The predicted octanol–water partition coefficient (Wildman–Crippen LogP) is -0.506. The number of methoxy groups -OCH3 is 3. The van der Waals surface area contributed by atoms with Crippen molar-refractivity contribution in [3.05, 3.63) is 29.4 Å². The number of piperazine rings is 1. The lowest BCUT2D eigenvalue weighted by Crippen LogP contribution is -2.66. The molecule has 0 bridgehead atoms. The van der Waals surface area contributed by atoms with Gasteiger partial charge in [0, 0.05) is 51.3 Å². The van der Waals surface area contributed by atoms with Gasteiger partial charge in [-0.05, 0) is 11.3 Å². The molecule has 1 aromatic carbocycles. The maximum atomic E-state index is 10.4. The Morgan fingerprint density at radius 1 is 1.14 bits per heavy atom. The Labute approximate surface area is 169 Å². The van der Waals surface area contributed by atoms with Crippen molar-refractivity contribution in [1.82, 2.24) is 10.2 Å². The lowest BCUT2D eigenvalue weighted by atomic mass is 10.1. The van der Waals surface area contributed by atoms with E-state index in [1.807, 2.05) is 12.1 Å². The van der Waals surface area contributed by atoms with Crippen molar-refractivity contribution in [1.29, 1.82) is 0 Å². The quantitative estimate of drug-likeness (QED) is 0.313. The second-order valence-electron chi connectivity index (χ2n) is 6.52. The molecule has 10 nitrogen and oxygen atoms in total. The van der Waals surface area contributed by atoms with Crippen molar-refractivity contribution in [2.24, 2.45) is 4.99 Å². The van der Waals surface area contributed by atoms with Gasteiger partial charge in [-0.1, -0.05) is 10.9 Å². The first-order chi connectivity index (χ1) is 14.2. The molecule has 0 atom stereocenters. The topological polar surface area (TPSA) is 94.7 Å². The lowest BCUT2D eigenvalue weighted by molar-refractivity contribution is -0.764. The molecule has 2 heterocycles. The first-order valence-electron chi connectivity index (χ1n) is 9.45. The molecule has 0 unspecified atom stereocenters. The summed E-state index contributed by atoms with van der Waals surface area (Å²) in [7, 11) is 4.86. The fourth-order valence-corrected chi connectivity index (χ4v) is 3.29. The van der Waals surface area contributed by atoms with E-state index in [1.54, 1.807) is 32.3 Å². The summed E-state index contributed by atoms with van der Waals surface area (Å²) in [4.78, 5) is 18.6. The van der Waals surface area contributed by atoms with Crippen LogP contribution in [0.5, 0.6) is 17.2 Å². The van der Waals surface area contributed by atoms with Gasteiger partial charge in [-0.15, -0.1) is 0 Å². The Hall–Kier alpha value is -3.01. The average Bonchev–Trinajstić information content (AvgIpc) is 3.23. The number of hydrogen-bond donors (Lipinski definition) is 0. The standard InChI is InChI=1S/C19H27N5O5/c1-26-16-6-5-15(18(27-2)19(16)28-3)13-22-8-10-23(11-9-22)24-14-17(29-21-24)20-7-4-12-25/h5-6,12,14H,4,7-11,13H2,1-3H3. The van der Waals surface area contributed by atoms with E-state index in [1.165, 1.54) is 0 Å². The van der Waals surface area contributed by atoms with Crippen LogP contribution in [0.25, 0.3) is 0 Å². The molecular formula is C19H27N5O5. The molecule has 10 heteroatoms. The van der Waals surface area contributed by atoms with Crippen molar-refractivity contribution >= 4 is 6.29 Å². The number of carbonyl (C=O) groups is 1. The van der Waals surface area contributed by atoms with Crippen molar-refractivity contribution in [2.45, 2.75) is 13.0 Å². The van der Waals surface area contributed by atoms with E-state index in [0.717, 1.165) is 44.6 Å². The van der Waals surface area contributed by atoms with E-state index in [-0.39, 0.29) is 0 Å². The Balaban J connectivity index is 1.62. The fourth-order valence-electron chi connectivity index (χ4n) is 3.29. The minimum Gasteiger partial charge on any atom is -0.493 e. The van der Waals surface area contributed by atoms with Crippen LogP contribution in [0, 0.1) is 0 Å². The summed E-state index contributed by atoms with van der Waals surface area (Å²) >= 11 is 0. The highest BCUT2D eigenvalue weighted by molar-refractivity contribution is 5.55. The van der Waals surface area contributed by atoms with Crippen LogP contribution in [0.1, 0.15) is 12.0 Å². The maximum absolute atomic E-state index is 10.4. The van der Waals surface area contributed by atoms with Crippen molar-refractivity contribution in [3.8, 4) is 17.2 Å². The summed E-state index contributed by atoms with van der Waals surface area (Å²) in [6.07, 6.45) is 2.94. The molecule has 158 valence electrons. The number of benzene rings is 1. The summed E-state index contributed by atoms with van der Waals surface area (Å²) in [6.45, 7) is 4.44. The second-order valence-corrected chi connectivity index (χ2v) is 6.52. The van der Waals surface area contributed by atoms with Crippen LogP contribution < -0.4 is 34.8 Å². The number of carbonyl (C=O) groups excluding carboxylic acids is 1. The third-order valence-corrected chi connectivity index (χ3v) is 4.78. The summed E-state index contributed by atoms with van der Waals surface area (Å²) in [5.41, 5.74) is 1.47. The van der Waals surface area contributed by atoms with E-state index >= 15 is 0 Å². The summed E-state index contributed by atoms with van der Waals surface area (Å²) in [5, 5.41) is 6.10. The fraction of sp³-hybridized carbons (Fsp3) is 0.526. The van der Waals surface area contributed by atoms with Gasteiger partial charge in [0.15, 0.2) is 11.5 Å². The molecule has 1 aromatic heterocycles. The molecule has 29 heavy (non-hydrogen) atoms. The van der Waals surface area contributed by atoms with Crippen LogP contribution in [0.4, 0.5) is 0 Å². The van der Waals surface area contributed by atoms with Crippen molar-refractivity contribution in [3.63, 3.8) is 0 Å². The molecule has 0 saturated carbocycles. The zero-order valence-electron chi connectivity index (χ0n) is 17.0. The van der Waals surface area contributed by atoms with Crippen LogP contribution in [-0.4, -0.2) is 65.2 Å². The lowest BCUT2D eigenvalue weighted by Gasteiger charge is -2.35. The molecule has 0 aliphatic carbocycles. The number of ether oxygens (including phenoxy) is 3. The first kappa shape index (κ1) is 20.7. The van der Waals surface area contributed by atoms with Gasteiger partial charge in [0.2, 0.25) is 5.75 Å². The number of aromatic nitrogens is 2. The third-order valence-electron chi connectivity index (χ3n) is 4.78. The molecule has 1 saturated heterocycles. The Bertz CT molecular complexity index is 870. The molecular weight excluding hydrogens is 378 g/mol. The zero-order chi connectivity index (χ0) is 20.6.